The van der Waals surface area contributed by atoms with Crippen LogP contribution in [0.2, 0.25) is 0 Å². The highest BCUT2D eigenvalue weighted by Gasteiger charge is 2.31. The van der Waals surface area contributed by atoms with Crippen LogP contribution in [0, 0.1) is 12.8 Å². The Morgan fingerprint density at radius 2 is 2.11 bits per heavy atom. The molecule has 0 heterocycles. The molecule has 3 nitrogen and oxygen atoms in total. The van der Waals surface area contributed by atoms with E-state index in [1.807, 2.05) is 19.1 Å². The Kier molecular flexibility index (Phi) is 3.80. The van der Waals surface area contributed by atoms with Gasteiger partial charge < -0.3 is 4.74 Å². The Balaban J connectivity index is 2.33. The number of rotatable bonds is 3. The van der Waals surface area contributed by atoms with Crippen LogP contribution >= 0.6 is 0 Å². The first kappa shape index (κ1) is 12.8. The second-order valence-corrected chi connectivity index (χ2v) is 4.78. The van der Waals surface area contributed by atoms with Gasteiger partial charge in [-0.25, -0.2) is 0 Å². The summed E-state index contributed by atoms with van der Waals surface area (Å²) >= 11 is 0. The van der Waals surface area contributed by atoms with Crippen molar-refractivity contribution in [2.24, 2.45) is 5.92 Å². The van der Waals surface area contributed by atoms with Crippen LogP contribution in [0.1, 0.15) is 41.6 Å². The molecule has 0 radical (unpaired) electrons. The van der Waals surface area contributed by atoms with Crippen molar-refractivity contribution in [2.75, 3.05) is 7.11 Å². The van der Waals surface area contributed by atoms with E-state index >= 15 is 0 Å². The summed E-state index contributed by atoms with van der Waals surface area (Å²) in [5, 5.41) is 0. The van der Waals surface area contributed by atoms with Gasteiger partial charge in [-0.2, -0.15) is 0 Å². The number of hydrogen-bond acceptors (Lipinski definition) is 3. The minimum atomic E-state index is -0.463. The zero-order valence-corrected chi connectivity index (χ0v) is 10.9. The van der Waals surface area contributed by atoms with Gasteiger partial charge in [0, 0.05) is 6.42 Å². The highest BCUT2D eigenvalue weighted by Crippen LogP contribution is 2.30. The van der Waals surface area contributed by atoms with Crippen LogP contribution < -0.4 is 4.74 Å². The first-order chi connectivity index (χ1) is 8.65. The zero-order valence-electron chi connectivity index (χ0n) is 10.9. The number of carbonyl (C=O) groups excluding carboxylic acids is 2. The topological polar surface area (TPSA) is 43.4 Å². The Hall–Kier alpha value is -1.64. The fourth-order valence-electron chi connectivity index (χ4n) is 2.57. The molecule has 1 fully saturated rings. The maximum atomic E-state index is 12.4. The zero-order chi connectivity index (χ0) is 13.1. The molecule has 1 aliphatic carbocycles. The van der Waals surface area contributed by atoms with Crippen LogP contribution in [0.15, 0.2) is 18.2 Å². The van der Waals surface area contributed by atoms with Crippen molar-refractivity contribution < 1.29 is 14.3 Å². The van der Waals surface area contributed by atoms with Crippen molar-refractivity contribution in [1.29, 1.82) is 0 Å². The van der Waals surface area contributed by atoms with Crippen molar-refractivity contribution in [3.05, 3.63) is 29.3 Å². The lowest BCUT2D eigenvalue weighted by Crippen LogP contribution is -2.27. The van der Waals surface area contributed by atoms with E-state index in [-0.39, 0.29) is 11.6 Å². The molecule has 1 atom stereocenters. The molecule has 0 aliphatic heterocycles. The number of carbonyl (C=O) groups is 2. The fraction of sp³-hybridized carbons (Fsp3) is 0.467. The third kappa shape index (κ3) is 2.30. The smallest absolute Gasteiger partial charge is 0.177 e. The van der Waals surface area contributed by atoms with Gasteiger partial charge in [0.2, 0.25) is 0 Å². The largest absolute Gasteiger partial charge is 0.496 e. The number of hydrogen-bond donors (Lipinski definition) is 0. The minimum Gasteiger partial charge on any atom is -0.496 e. The van der Waals surface area contributed by atoms with Gasteiger partial charge in [0.15, 0.2) is 5.78 Å². The number of ether oxygens (including phenoxy) is 1. The molecule has 1 unspecified atom stereocenters. The molecule has 18 heavy (non-hydrogen) atoms. The fourth-order valence-corrected chi connectivity index (χ4v) is 2.57. The molecule has 0 bridgehead atoms. The van der Waals surface area contributed by atoms with E-state index in [0.29, 0.717) is 24.2 Å². The van der Waals surface area contributed by atoms with Gasteiger partial charge in [-0.05, 0) is 31.4 Å². The highest BCUT2D eigenvalue weighted by atomic mass is 16.5. The van der Waals surface area contributed by atoms with Crippen molar-refractivity contribution in [3.8, 4) is 5.75 Å². The Labute approximate surface area is 107 Å². The van der Waals surface area contributed by atoms with E-state index < -0.39 is 5.92 Å². The number of para-hydroxylation sites is 1. The Morgan fingerprint density at radius 1 is 1.33 bits per heavy atom. The molecule has 3 heteroatoms. The van der Waals surface area contributed by atoms with Crippen LogP contribution in [0.5, 0.6) is 5.75 Å². The third-order valence-corrected chi connectivity index (χ3v) is 3.55. The summed E-state index contributed by atoms with van der Waals surface area (Å²) in [6.45, 7) is 1.90. The molecule has 0 spiro atoms. The third-order valence-electron chi connectivity index (χ3n) is 3.55. The quantitative estimate of drug-likeness (QED) is 0.608. The van der Waals surface area contributed by atoms with Gasteiger partial charge in [-0.3, -0.25) is 9.59 Å². The lowest BCUT2D eigenvalue weighted by Gasteiger charge is -2.20. The van der Waals surface area contributed by atoms with Crippen LogP contribution in [-0.4, -0.2) is 18.7 Å². The second kappa shape index (κ2) is 5.34. The number of aryl methyl sites for hydroxylation is 1. The van der Waals surface area contributed by atoms with Crippen molar-refractivity contribution in [3.63, 3.8) is 0 Å². The highest BCUT2D eigenvalue weighted by molar-refractivity contribution is 6.12. The molecular weight excluding hydrogens is 228 g/mol. The Bertz CT molecular complexity index is 477. The predicted molar refractivity (Wildman–Crippen MR) is 69.0 cm³/mol. The molecule has 0 saturated heterocycles. The molecular formula is C15H18O3. The van der Waals surface area contributed by atoms with Crippen LogP contribution in [0.25, 0.3) is 0 Å². The molecule has 2 rings (SSSR count). The van der Waals surface area contributed by atoms with E-state index in [4.69, 9.17) is 4.74 Å². The van der Waals surface area contributed by atoms with Gasteiger partial charge in [-0.1, -0.05) is 18.6 Å². The molecule has 1 aliphatic rings. The van der Waals surface area contributed by atoms with Crippen molar-refractivity contribution in [1.82, 2.24) is 0 Å². The summed E-state index contributed by atoms with van der Waals surface area (Å²) in [5.74, 6) is 0.130. The maximum absolute atomic E-state index is 12.4. The molecule has 0 amide bonds. The average Bonchev–Trinajstić information content (AvgIpc) is 2.38. The first-order valence-corrected chi connectivity index (χ1v) is 6.35. The van der Waals surface area contributed by atoms with Gasteiger partial charge in [0.1, 0.15) is 11.5 Å². The minimum absolute atomic E-state index is 0.0785. The lowest BCUT2D eigenvalue weighted by atomic mass is 9.82. The molecule has 96 valence electrons. The van der Waals surface area contributed by atoms with E-state index in [0.717, 1.165) is 18.4 Å². The second-order valence-electron chi connectivity index (χ2n) is 4.78. The monoisotopic (exact) mass is 246 g/mol. The number of Topliss-reactive ketones (excluding diaryl/α,β-unsaturated/α-hetero) is 2. The predicted octanol–water partition coefficient (Wildman–Crippen LogP) is 2.95. The number of methoxy groups -OCH3 is 1. The summed E-state index contributed by atoms with van der Waals surface area (Å²) in [5.41, 5.74) is 1.46. The maximum Gasteiger partial charge on any atom is 0.177 e. The van der Waals surface area contributed by atoms with Crippen LogP contribution in [-0.2, 0) is 4.79 Å². The molecule has 0 N–H and O–H groups in total. The van der Waals surface area contributed by atoms with Gasteiger partial charge >= 0.3 is 0 Å². The average molecular weight is 246 g/mol. The Morgan fingerprint density at radius 3 is 2.78 bits per heavy atom. The van der Waals surface area contributed by atoms with E-state index in [1.165, 1.54) is 0 Å². The molecule has 0 aromatic heterocycles. The van der Waals surface area contributed by atoms with E-state index in [9.17, 15) is 9.59 Å². The standard InChI is InChI=1S/C15H18O3/c1-10-6-5-8-12(15(10)18-2)14(17)11-7-3-4-9-13(11)16/h5-6,8,11H,3-4,7,9H2,1-2H3. The van der Waals surface area contributed by atoms with Gasteiger partial charge in [-0.15, -0.1) is 0 Å². The molecule has 1 aromatic rings. The number of ketones is 2. The van der Waals surface area contributed by atoms with Crippen molar-refractivity contribution in [2.45, 2.75) is 32.6 Å². The van der Waals surface area contributed by atoms with Crippen LogP contribution in [0.4, 0.5) is 0 Å². The summed E-state index contributed by atoms with van der Waals surface area (Å²) in [4.78, 5) is 24.3. The molecule has 1 saturated carbocycles. The molecule has 1 aromatic carbocycles. The SMILES string of the molecule is COc1c(C)cccc1C(=O)C1CCCCC1=O. The van der Waals surface area contributed by atoms with Crippen molar-refractivity contribution >= 4 is 11.6 Å². The van der Waals surface area contributed by atoms with E-state index in [1.54, 1.807) is 13.2 Å². The van der Waals surface area contributed by atoms with Gasteiger partial charge in [0.05, 0.1) is 18.6 Å². The van der Waals surface area contributed by atoms with E-state index in [2.05, 4.69) is 0 Å². The van der Waals surface area contributed by atoms with Gasteiger partial charge in [0.25, 0.3) is 0 Å². The first-order valence-electron chi connectivity index (χ1n) is 6.35. The normalized spacial score (nSPS) is 19.7. The lowest BCUT2D eigenvalue weighted by molar-refractivity contribution is -0.122. The summed E-state index contributed by atoms with van der Waals surface area (Å²) in [7, 11) is 1.56. The summed E-state index contributed by atoms with van der Waals surface area (Å²) in [6, 6.07) is 5.48. The summed E-state index contributed by atoms with van der Waals surface area (Å²) in [6.07, 6.45) is 3.07. The number of benzene rings is 1. The summed E-state index contributed by atoms with van der Waals surface area (Å²) < 4.78 is 5.29. The van der Waals surface area contributed by atoms with Crippen LogP contribution in [0.3, 0.4) is 0 Å².